The Morgan fingerprint density at radius 1 is 1.25 bits per heavy atom. The fraction of sp³-hybridized carbons (Fsp3) is 0.154. The van der Waals surface area contributed by atoms with Crippen LogP contribution in [0, 0.1) is 0 Å². The molecule has 2 heterocycles. The van der Waals surface area contributed by atoms with E-state index < -0.39 is 11.1 Å². The number of hydrogen-bond acceptors (Lipinski definition) is 5. The molecule has 0 saturated carbocycles. The van der Waals surface area contributed by atoms with Gasteiger partial charge in [0.15, 0.2) is 5.58 Å². The third-order valence-corrected chi connectivity index (χ3v) is 3.00. The molecule has 0 atom stereocenters. The minimum absolute atomic E-state index is 0.101. The van der Waals surface area contributed by atoms with Gasteiger partial charge in [0.1, 0.15) is 12.1 Å². The summed E-state index contributed by atoms with van der Waals surface area (Å²) in [5.74, 6) is 0.348. The number of benzene rings is 1. The summed E-state index contributed by atoms with van der Waals surface area (Å²) in [6.07, 6.45) is 3.04. The van der Waals surface area contributed by atoms with Crippen molar-refractivity contribution in [1.82, 2.24) is 14.1 Å². The number of anilines is 1. The average molecular weight is 272 g/mol. The number of aromatic nitrogens is 3. The Bertz CT molecular complexity index is 904. The largest absolute Gasteiger partial charge is 0.439 e. The second-order valence-corrected chi connectivity index (χ2v) is 4.48. The molecule has 102 valence electrons. The molecule has 3 aromatic rings. The van der Waals surface area contributed by atoms with Gasteiger partial charge < -0.3 is 19.3 Å². The maximum absolute atomic E-state index is 11.8. The van der Waals surface area contributed by atoms with E-state index in [4.69, 9.17) is 10.2 Å². The Morgan fingerprint density at radius 2 is 2.05 bits per heavy atom. The van der Waals surface area contributed by atoms with Gasteiger partial charge in [-0.3, -0.25) is 9.59 Å². The van der Waals surface area contributed by atoms with Crippen LogP contribution >= 0.6 is 0 Å². The summed E-state index contributed by atoms with van der Waals surface area (Å²) in [4.78, 5) is 27.6. The molecule has 0 aliphatic rings. The van der Waals surface area contributed by atoms with Crippen LogP contribution in [0.5, 0.6) is 0 Å². The molecule has 0 saturated heterocycles. The quantitative estimate of drug-likeness (QED) is 0.535. The van der Waals surface area contributed by atoms with Crippen molar-refractivity contribution >= 4 is 16.8 Å². The molecule has 0 bridgehead atoms. The molecule has 0 aliphatic carbocycles. The van der Waals surface area contributed by atoms with Gasteiger partial charge in [-0.2, -0.15) is 0 Å². The molecule has 3 rings (SSSR count). The first-order valence-electron chi connectivity index (χ1n) is 5.95. The smallest absolute Gasteiger partial charge is 0.316 e. The lowest BCUT2D eigenvalue weighted by Gasteiger charge is -2.02. The van der Waals surface area contributed by atoms with Crippen LogP contribution < -0.4 is 16.9 Å². The lowest BCUT2D eigenvalue weighted by atomic mass is 10.3. The maximum Gasteiger partial charge on any atom is 0.316 e. The minimum atomic E-state index is -0.614. The minimum Gasteiger partial charge on any atom is -0.439 e. The third kappa shape index (κ3) is 1.99. The molecule has 0 amide bonds. The second kappa shape index (κ2) is 4.37. The van der Waals surface area contributed by atoms with Crippen LogP contribution in [-0.2, 0) is 13.6 Å². The van der Waals surface area contributed by atoms with Crippen molar-refractivity contribution in [3.63, 3.8) is 0 Å². The monoisotopic (exact) mass is 272 g/mol. The third-order valence-electron chi connectivity index (χ3n) is 3.00. The Kier molecular flexibility index (Phi) is 2.67. The molecule has 7 nitrogen and oxygen atoms in total. The highest BCUT2D eigenvalue weighted by Crippen LogP contribution is 2.18. The van der Waals surface area contributed by atoms with Crippen LogP contribution in [0.4, 0.5) is 5.69 Å². The molecular formula is C13H12N4O3. The van der Waals surface area contributed by atoms with Gasteiger partial charge in [-0.15, -0.1) is 0 Å². The first-order valence-corrected chi connectivity index (χ1v) is 5.95. The normalized spacial score (nSPS) is 11.1. The summed E-state index contributed by atoms with van der Waals surface area (Å²) in [6, 6.07) is 5.13. The van der Waals surface area contributed by atoms with Gasteiger partial charge in [-0.1, -0.05) is 0 Å². The SMILES string of the molecule is Cn1ccn(Cc2nc3ccc(N)cc3o2)c(=O)c1=O. The van der Waals surface area contributed by atoms with E-state index in [0.717, 1.165) is 0 Å². The zero-order chi connectivity index (χ0) is 14.3. The molecule has 0 aliphatic heterocycles. The van der Waals surface area contributed by atoms with Gasteiger partial charge in [-0.05, 0) is 12.1 Å². The van der Waals surface area contributed by atoms with Gasteiger partial charge in [0.05, 0.1) is 0 Å². The molecule has 7 heteroatoms. The van der Waals surface area contributed by atoms with Gasteiger partial charge in [-0.25, -0.2) is 4.98 Å². The number of oxazole rings is 1. The van der Waals surface area contributed by atoms with Gasteiger partial charge >= 0.3 is 11.1 Å². The summed E-state index contributed by atoms with van der Waals surface area (Å²) >= 11 is 0. The summed E-state index contributed by atoms with van der Waals surface area (Å²) in [5, 5.41) is 0. The highest BCUT2D eigenvalue weighted by atomic mass is 16.3. The molecule has 0 spiro atoms. The first-order chi connectivity index (χ1) is 9.54. The van der Waals surface area contributed by atoms with Crippen LogP contribution in [0.3, 0.4) is 0 Å². The fourth-order valence-electron chi connectivity index (χ4n) is 1.92. The second-order valence-electron chi connectivity index (χ2n) is 4.48. The molecule has 2 N–H and O–H groups in total. The zero-order valence-corrected chi connectivity index (χ0v) is 10.7. The average Bonchev–Trinajstić information content (AvgIpc) is 2.81. The van der Waals surface area contributed by atoms with E-state index in [1.807, 2.05) is 0 Å². The van der Waals surface area contributed by atoms with E-state index in [9.17, 15) is 9.59 Å². The van der Waals surface area contributed by atoms with Gasteiger partial charge in [0, 0.05) is 31.2 Å². The van der Waals surface area contributed by atoms with Crippen molar-refractivity contribution in [3.8, 4) is 0 Å². The Labute approximate surface area is 112 Å². The zero-order valence-electron chi connectivity index (χ0n) is 10.7. The van der Waals surface area contributed by atoms with Crippen molar-refractivity contribution in [3.05, 3.63) is 57.2 Å². The summed E-state index contributed by atoms with van der Waals surface area (Å²) in [6.45, 7) is 0.101. The standard InChI is InChI=1S/C13H12N4O3/c1-16-4-5-17(13(19)12(16)18)7-11-15-9-3-2-8(14)6-10(9)20-11/h2-6H,7,14H2,1H3. The molecule has 2 aromatic heterocycles. The van der Waals surface area contributed by atoms with Crippen LogP contribution in [0.1, 0.15) is 5.89 Å². The van der Waals surface area contributed by atoms with E-state index in [-0.39, 0.29) is 6.54 Å². The molecule has 0 unspecified atom stereocenters. The number of fused-ring (bicyclic) bond motifs is 1. The fourth-order valence-corrected chi connectivity index (χ4v) is 1.92. The lowest BCUT2D eigenvalue weighted by molar-refractivity contribution is 0.500. The number of hydrogen-bond donors (Lipinski definition) is 1. The number of rotatable bonds is 2. The number of aryl methyl sites for hydroxylation is 1. The van der Waals surface area contributed by atoms with Crippen LogP contribution in [-0.4, -0.2) is 14.1 Å². The van der Waals surface area contributed by atoms with Gasteiger partial charge in [0.25, 0.3) is 0 Å². The van der Waals surface area contributed by atoms with E-state index in [1.165, 1.54) is 28.6 Å². The predicted octanol–water partition coefficient (Wildman–Crippen LogP) is 0.319. The molecular weight excluding hydrogens is 260 g/mol. The van der Waals surface area contributed by atoms with E-state index in [2.05, 4.69) is 4.98 Å². The molecule has 20 heavy (non-hydrogen) atoms. The van der Waals surface area contributed by atoms with Crippen molar-refractivity contribution < 1.29 is 4.42 Å². The van der Waals surface area contributed by atoms with Crippen molar-refractivity contribution in [2.24, 2.45) is 7.05 Å². The van der Waals surface area contributed by atoms with Crippen LogP contribution in [0.25, 0.3) is 11.1 Å². The van der Waals surface area contributed by atoms with Crippen LogP contribution in [0.2, 0.25) is 0 Å². The highest BCUT2D eigenvalue weighted by Gasteiger charge is 2.09. The van der Waals surface area contributed by atoms with Crippen molar-refractivity contribution in [2.45, 2.75) is 6.54 Å². The lowest BCUT2D eigenvalue weighted by Crippen LogP contribution is -2.39. The topological polar surface area (TPSA) is 96.0 Å². The van der Waals surface area contributed by atoms with Crippen molar-refractivity contribution in [1.29, 1.82) is 0 Å². The highest BCUT2D eigenvalue weighted by molar-refractivity contribution is 5.76. The van der Waals surface area contributed by atoms with Crippen LogP contribution in [0.15, 0.2) is 44.6 Å². The summed E-state index contributed by atoms with van der Waals surface area (Å²) in [5.41, 5.74) is 6.24. The summed E-state index contributed by atoms with van der Waals surface area (Å²) < 4.78 is 8.01. The number of nitrogen functional groups attached to an aromatic ring is 1. The predicted molar refractivity (Wildman–Crippen MR) is 73.5 cm³/mol. The Hall–Kier alpha value is -2.83. The van der Waals surface area contributed by atoms with E-state index >= 15 is 0 Å². The number of nitrogens with zero attached hydrogens (tertiary/aromatic N) is 3. The number of nitrogens with two attached hydrogens (primary N) is 1. The first kappa shape index (κ1) is 12.2. The maximum atomic E-state index is 11.8. The summed E-state index contributed by atoms with van der Waals surface area (Å²) in [7, 11) is 1.52. The van der Waals surface area contributed by atoms with Crippen molar-refractivity contribution in [2.75, 3.05) is 5.73 Å². The Balaban J connectivity index is 2.03. The van der Waals surface area contributed by atoms with Gasteiger partial charge in [0.2, 0.25) is 5.89 Å². The van der Waals surface area contributed by atoms with E-state index in [0.29, 0.717) is 22.7 Å². The van der Waals surface area contributed by atoms with E-state index in [1.54, 1.807) is 18.2 Å². The molecule has 0 radical (unpaired) electrons. The molecule has 0 fully saturated rings. The molecule has 1 aromatic carbocycles. The Morgan fingerprint density at radius 3 is 2.85 bits per heavy atom.